The molecule has 0 bridgehead atoms. The summed E-state index contributed by atoms with van der Waals surface area (Å²) in [6, 6.07) is 5.93. The second kappa shape index (κ2) is 11.7. The second-order valence-electron chi connectivity index (χ2n) is 5.76. The van der Waals surface area contributed by atoms with Gasteiger partial charge in [-0.2, -0.15) is 0 Å². The van der Waals surface area contributed by atoms with E-state index >= 15 is 0 Å². The number of halogens is 2. The summed E-state index contributed by atoms with van der Waals surface area (Å²) in [5.74, 6) is 0.934. The number of carbonyl (C=O) groups excluding carboxylic acids is 1. The van der Waals surface area contributed by atoms with Gasteiger partial charge in [0.25, 0.3) is 0 Å². The minimum atomic E-state index is 0. The number of benzene rings is 1. The van der Waals surface area contributed by atoms with Crippen molar-refractivity contribution < 1.29 is 9.53 Å². The van der Waals surface area contributed by atoms with Crippen LogP contribution >= 0.6 is 28.3 Å². The Kier molecular flexibility index (Phi) is 10.3. The van der Waals surface area contributed by atoms with Crippen LogP contribution in [0.25, 0.3) is 0 Å². The number of ether oxygens (including phenoxy) is 1. The highest BCUT2D eigenvalue weighted by atomic mass is 79.9. The van der Waals surface area contributed by atoms with Crippen molar-refractivity contribution in [1.82, 2.24) is 15.5 Å². The first kappa shape index (κ1) is 21.2. The molecule has 0 radical (unpaired) electrons. The maximum absolute atomic E-state index is 11.9. The zero-order chi connectivity index (χ0) is 16.5. The van der Waals surface area contributed by atoms with Crippen molar-refractivity contribution in [1.29, 1.82) is 0 Å². The number of rotatable bonds is 8. The lowest BCUT2D eigenvalue weighted by atomic mass is 10.1. The van der Waals surface area contributed by atoms with Crippen LogP contribution in [0.4, 0.5) is 0 Å². The number of aryl methyl sites for hydroxylation is 1. The number of piperazine rings is 1. The molecule has 0 unspecified atom stereocenters. The van der Waals surface area contributed by atoms with Crippen LogP contribution in [0.15, 0.2) is 22.7 Å². The first-order chi connectivity index (χ1) is 11.2. The summed E-state index contributed by atoms with van der Waals surface area (Å²) < 4.78 is 6.13. The summed E-state index contributed by atoms with van der Waals surface area (Å²) in [5.41, 5.74) is 1.13. The Balaban J connectivity index is 0.00000288. The van der Waals surface area contributed by atoms with Crippen molar-refractivity contribution in [2.24, 2.45) is 0 Å². The maximum Gasteiger partial charge on any atom is 0.220 e. The minimum Gasteiger partial charge on any atom is -0.496 e. The molecule has 0 aromatic heterocycles. The van der Waals surface area contributed by atoms with Gasteiger partial charge in [-0.3, -0.25) is 4.79 Å². The lowest BCUT2D eigenvalue weighted by molar-refractivity contribution is -0.121. The molecule has 1 heterocycles. The Labute approximate surface area is 159 Å². The standard InChI is InChI=1S/C17H26BrN3O2.ClH/c1-23-16-5-3-14(13-15(16)18)4-6-17(22)20-7-2-10-21-11-8-19-9-12-21;/h3,5,13,19H,2,4,6-12H2,1H3,(H,20,22);1H. The highest BCUT2D eigenvalue weighted by molar-refractivity contribution is 9.10. The Morgan fingerprint density at radius 3 is 2.79 bits per heavy atom. The van der Waals surface area contributed by atoms with Gasteiger partial charge in [0.15, 0.2) is 0 Å². The van der Waals surface area contributed by atoms with E-state index in [0.29, 0.717) is 6.42 Å². The number of methoxy groups -OCH3 is 1. The van der Waals surface area contributed by atoms with Gasteiger partial charge in [-0.15, -0.1) is 12.4 Å². The topological polar surface area (TPSA) is 53.6 Å². The smallest absolute Gasteiger partial charge is 0.220 e. The van der Waals surface area contributed by atoms with Crippen LogP contribution in [-0.4, -0.2) is 57.2 Å². The molecular weight excluding hydrogens is 394 g/mol. The number of carbonyl (C=O) groups is 1. The molecule has 1 amide bonds. The summed E-state index contributed by atoms with van der Waals surface area (Å²) in [4.78, 5) is 14.3. The molecule has 0 aliphatic carbocycles. The molecule has 1 aromatic carbocycles. The van der Waals surface area contributed by atoms with Gasteiger partial charge >= 0.3 is 0 Å². The fourth-order valence-electron chi connectivity index (χ4n) is 2.68. The summed E-state index contributed by atoms with van der Waals surface area (Å²) in [7, 11) is 1.65. The molecule has 0 atom stereocenters. The van der Waals surface area contributed by atoms with Gasteiger partial charge in [-0.1, -0.05) is 6.07 Å². The molecule has 136 valence electrons. The average molecular weight is 421 g/mol. The molecule has 5 nitrogen and oxygen atoms in total. The van der Waals surface area contributed by atoms with Crippen molar-refractivity contribution >= 4 is 34.2 Å². The van der Waals surface area contributed by atoms with Crippen molar-refractivity contribution in [3.63, 3.8) is 0 Å². The lowest BCUT2D eigenvalue weighted by Crippen LogP contribution is -2.44. The fourth-order valence-corrected chi connectivity index (χ4v) is 3.26. The fraction of sp³-hybridized carbons (Fsp3) is 0.588. The van der Waals surface area contributed by atoms with Crippen LogP contribution in [-0.2, 0) is 11.2 Å². The zero-order valence-electron chi connectivity index (χ0n) is 14.1. The van der Waals surface area contributed by atoms with Gasteiger partial charge < -0.3 is 20.3 Å². The average Bonchev–Trinajstić information content (AvgIpc) is 2.58. The van der Waals surface area contributed by atoms with Gasteiger partial charge in [0.1, 0.15) is 5.75 Å². The molecule has 1 aliphatic heterocycles. The van der Waals surface area contributed by atoms with Crippen molar-refractivity contribution in [3.05, 3.63) is 28.2 Å². The largest absolute Gasteiger partial charge is 0.496 e. The molecule has 1 aliphatic rings. The zero-order valence-corrected chi connectivity index (χ0v) is 16.5. The lowest BCUT2D eigenvalue weighted by Gasteiger charge is -2.27. The normalized spacial score (nSPS) is 14.8. The van der Waals surface area contributed by atoms with Crippen LogP contribution in [0, 0.1) is 0 Å². The monoisotopic (exact) mass is 419 g/mol. The van der Waals surface area contributed by atoms with E-state index in [1.807, 2.05) is 18.2 Å². The summed E-state index contributed by atoms with van der Waals surface area (Å²) in [6.45, 7) is 6.19. The van der Waals surface area contributed by atoms with Crippen LogP contribution in [0.5, 0.6) is 5.75 Å². The molecule has 24 heavy (non-hydrogen) atoms. The van der Waals surface area contributed by atoms with E-state index in [9.17, 15) is 4.79 Å². The molecular formula is C17H27BrClN3O2. The molecule has 7 heteroatoms. The quantitative estimate of drug-likeness (QED) is 0.633. The number of nitrogens with zero attached hydrogens (tertiary/aromatic N) is 1. The summed E-state index contributed by atoms with van der Waals surface area (Å²) in [6.07, 6.45) is 2.28. The van der Waals surface area contributed by atoms with E-state index in [4.69, 9.17) is 4.74 Å². The molecule has 1 saturated heterocycles. The van der Waals surface area contributed by atoms with Crippen LogP contribution in [0.1, 0.15) is 18.4 Å². The SMILES string of the molecule is COc1ccc(CCC(=O)NCCCN2CCNCC2)cc1Br.Cl. The molecule has 1 fully saturated rings. The third-order valence-electron chi connectivity index (χ3n) is 4.04. The number of amides is 1. The highest BCUT2D eigenvalue weighted by Crippen LogP contribution is 2.25. The summed E-state index contributed by atoms with van der Waals surface area (Å²) >= 11 is 3.47. The van der Waals surface area contributed by atoms with Gasteiger partial charge in [0.2, 0.25) is 5.91 Å². The van der Waals surface area contributed by atoms with E-state index in [1.54, 1.807) is 7.11 Å². The molecule has 1 aromatic rings. The third kappa shape index (κ3) is 7.38. The molecule has 2 rings (SSSR count). The van der Waals surface area contributed by atoms with E-state index in [-0.39, 0.29) is 18.3 Å². The second-order valence-corrected chi connectivity index (χ2v) is 6.62. The van der Waals surface area contributed by atoms with Gasteiger partial charge in [-0.25, -0.2) is 0 Å². The number of hydrogen-bond donors (Lipinski definition) is 2. The predicted molar refractivity (Wildman–Crippen MR) is 103 cm³/mol. The van der Waals surface area contributed by atoms with Gasteiger partial charge in [-0.05, 0) is 53.0 Å². The Hall–Kier alpha value is -0.820. The maximum atomic E-state index is 11.9. The Bertz CT molecular complexity index is 511. The van der Waals surface area contributed by atoms with Crippen molar-refractivity contribution in [3.8, 4) is 5.75 Å². The van der Waals surface area contributed by atoms with E-state index in [1.165, 1.54) is 0 Å². The minimum absolute atomic E-state index is 0. The summed E-state index contributed by atoms with van der Waals surface area (Å²) in [5, 5.41) is 6.36. The molecule has 2 N–H and O–H groups in total. The van der Waals surface area contributed by atoms with Crippen LogP contribution in [0.3, 0.4) is 0 Å². The Morgan fingerprint density at radius 2 is 2.12 bits per heavy atom. The number of hydrogen-bond acceptors (Lipinski definition) is 4. The van der Waals surface area contributed by atoms with Gasteiger partial charge in [0.05, 0.1) is 11.6 Å². The van der Waals surface area contributed by atoms with E-state index in [0.717, 1.165) is 67.9 Å². The first-order valence-electron chi connectivity index (χ1n) is 8.21. The molecule has 0 spiro atoms. The van der Waals surface area contributed by atoms with E-state index < -0.39 is 0 Å². The van der Waals surface area contributed by atoms with Crippen LogP contribution < -0.4 is 15.4 Å². The predicted octanol–water partition coefficient (Wildman–Crippen LogP) is 2.22. The first-order valence-corrected chi connectivity index (χ1v) is 9.00. The van der Waals surface area contributed by atoms with Crippen molar-refractivity contribution in [2.45, 2.75) is 19.3 Å². The number of nitrogens with one attached hydrogen (secondary N) is 2. The van der Waals surface area contributed by atoms with E-state index in [2.05, 4.69) is 31.5 Å². The Morgan fingerprint density at radius 1 is 1.38 bits per heavy atom. The van der Waals surface area contributed by atoms with Crippen LogP contribution in [0.2, 0.25) is 0 Å². The third-order valence-corrected chi connectivity index (χ3v) is 4.66. The highest BCUT2D eigenvalue weighted by Gasteiger charge is 2.09. The van der Waals surface area contributed by atoms with Crippen molar-refractivity contribution in [2.75, 3.05) is 46.4 Å². The van der Waals surface area contributed by atoms with Gasteiger partial charge in [0, 0.05) is 39.1 Å². The molecule has 0 saturated carbocycles.